The van der Waals surface area contributed by atoms with E-state index in [1.54, 1.807) is 0 Å². The molecule has 0 aliphatic heterocycles. The van der Waals surface area contributed by atoms with Crippen LogP contribution in [-0.2, 0) is 0 Å². The van der Waals surface area contributed by atoms with Gasteiger partial charge in [-0.25, -0.2) is 0 Å². The van der Waals surface area contributed by atoms with Gasteiger partial charge in [0.15, 0.2) is 0 Å². The molecule has 1 aliphatic carbocycles. The molecule has 0 spiro atoms. The lowest BCUT2D eigenvalue weighted by molar-refractivity contribution is 0.173. The summed E-state index contributed by atoms with van der Waals surface area (Å²) in [5, 5.41) is 8.84. The van der Waals surface area contributed by atoms with Gasteiger partial charge in [-0.3, -0.25) is 0 Å². The standard InChI is InChI=1S/C9H15N/c1-8(2)6-9(7-10)4-3-5-9/h8H,3-6H2,1-2H3. The lowest BCUT2D eigenvalue weighted by Crippen LogP contribution is -2.28. The van der Waals surface area contributed by atoms with Gasteiger partial charge < -0.3 is 0 Å². The molecule has 0 saturated heterocycles. The first-order chi connectivity index (χ1) is 4.68. The van der Waals surface area contributed by atoms with Crippen molar-refractivity contribution in [2.45, 2.75) is 39.5 Å². The average molecular weight is 137 g/mol. The van der Waals surface area contributed by atoms with Gasteiger partial charge >= 0.3 is 0 Å². The molecule has 0 aromatic heterocycles. The molecule has 1 aliphatic rings. The molecule has 1 fully saturated rings. The minimum Gasteiger partial charge on any atom is -0.198 e. The van der Waals surface area contributed by atoms with Crippen LogP contribution in [0, 0.1) is 22.7 Å². The third kappa shape index (κ3) is 1.31. The second-order valence-electron chi connectivity index (χ2n) is 3.84. The largest absolute Gasteiger partial charge is 0.198 e. The number of hydrogen-bond donors (Lipinski definition) is 0. The molecule has 0 bridgehead atoms. The molecule has 1 saturated carbocycles. The van der Waals surface area contributed by atoms with Gasteiger partial charge in [-0.1, -0.05) is 20.3 Å². The molecule has 0 aromatic carbocycles. The summed E-state index contributed by atoms with van der Waals surface area (Å²) in [5.41, 5.74) is 0.0914. The van der Waals surface area contributed by atoms with E-state index in [2.05, 4.69) is 19.9 Å². The Morgan fingerprint density at radius 3 is 2.20 bits per heavy atom. The quantitative estimate of drug-likeness (QED) is 0.574. The van der Waals surface area contributed by atoms with E-state index in [9.17, 15) is 0 Å². The summed E-state index contributed by atoms with van der Waals surface area (Å²) in [4.78, 5) is 0. The summed E-state index contributed by atoms with van der Waals surface area (Å²) in [5.74, 6) is 0.681. The second-order valence-corrected chi connectivity index (χ2v) is 3.84. The maximum Gasteiger partial charge on any atom is 0.0689 e. The maximum absolute atomic E-state index is 8.84. The normalized spacial score (nSPS) is 21.8. The van der Waals surface area contributed by atoms with Gasteiger partial charge in [0.05, 0.1) is 11.5 Å². The van der Waals surface area contributed by atoms with E-state index in [1.807, 2.05) is 0 Å². The Balaban J connectivity index is 2.43. The van der Waals surface area contributed by atoms with E-state index < -0.39 is 0 Å². The fourth-order valence-electron chi connectivity index (χ4n) is 1.75. The lowest BCUT2D eigenvalue weighted by Gasteiger charge is -2.36. The molecule has 0 atom stereocenters. The molecule has 0 aromatic rings. The van der Waals surface area contributed by atoms with E-state index in [0.717, 1.165) is 19.3 Å². The van der Waals surface area contributed by atoms with Crippen LogP contribution in [0.3, 0.4) is 0 Å². The molecular weight excluding hydrogens is 122 g/mol. The number of hydrogen-bond acceptors (Lipinski definition) is 1. The highest BCUT2D eigenvalue weighted by atomic mass is 14.4. The summed E-state index contributed by atoms with van der Waals surface area (Å²) in [6, 6.07) is 2.45. The third-order valence-electron chi connectivity index (χ3n) is 2.35. The van der Waals surface area contributed by atoms with Crippen molar-refractivity contribution < 1.29 is 0 Å². The molecular formula is C9H15N. The van der Waals surface area contributed by atoms with Crippen LogP contribution >= 0.6 is 0 Å². The highest BCUT2D eigenvalue weighted by Crippen LogP contribution is 2.44. The van der Waals surface area contributed by atoms with Gasteiger partial charge in [0.2, 0.25) is 0 Å². The van der Waals surface area contributed by atoms with Gasteiger partial charge in [-0.05, 0) is 25.2 Å². The van der Waals surface area contributed by atoms with Crippen LogP contribution in [0.4, 0.5) is 0 Å². The Morgan fingerprint density at radius 2 is 2.10 bits per heavy atom. The monoisotopic (exact) mass is 137 g/mol. The molecule has 0 amide bonds. The molecule has 0 heterocycles. The Bertz CT molecular complexity index is 149. The predicted molar refractivity (Wildman–Crippen MR) is 41.4 cm³/mol. The van der Waals surface area contributed by atoms with E-state index >= 15 is 0 Å². The minimum absolute atomic E-state index is 0.0914. The highest BCUT2D eigenvalue weighted by molar-refractivity contribution is 5.04. The van der Waals surface area contributed by atoms with Crippen molar-refractivity contribution in [1.82, 2.24) is 0 Å². The SMILES string of the molecule is CC(C)CC1(C#N)CCC1. The second kappa shape index (κ2) is 2.62. The summed E-state index contributed by atoms with van der Waals surface area (Å²) in [6.07, 6.45) is 4.65. The Morgan fingerprint density at radius 1 is 1.50 bits per heavy atom. The van der Waals surface area contributed by atoms with Crippen molar-refractivity contribution >= 4 is 0 Å². The number of nitriles is 1. The summed E-state index contributed by atoms with van der Waals surface area (Å²) in [6.45, 7) is 4.38. The first kappa shape index (κ1) is 7.60. The molecule has 0 N–H and O–H groups in total. The Hall–Kier alpha value is -0.510. The van der Waals surface area contributed by atoms with Crippen molar-refractivity contribution in [3.63, 3.8) is 0 Å². The molecule has 0 unspecified atom stereocenters. The molecule has 0 radical (unpaired) electrons. The Labute approximate surface area is 63.0 Å². The van der Waals surface area contributed by atoms with Gasteiger partial charge in [-0.2, -0.15) is 5.26 Å². The zero-order chi connectivity index (χ0) is 7.61. The van der Waals surface area contributed by atoms with Crippen LogP contribution in [0.5, 0.6) is 0 Å². The van der Waals surface area contributed by atoms with Crippen molar-refractivity contribution in [3.8, 4) is 6.07 Å². The zero-order valence-electron chi connectivity index (χ0n) is 6.85. The van der Waals surface area contributed by atoms with Crippen LogP contribution < -0.4 is 0 Å². The smallest absolute Gasteiger partial charge is 0.0689 e. The molecule has 56 valence electrons. The van der Waals surface area contributed by atoms with Crippen LogP contribution in [0.1, 0.15) is 39.5 Å². The first-order valence-corrected chi connectivity index (χ1v) is 4.10. The third-order valence-corrected chi connectivity index (χ3v) is 2.35. The van der Waals surface area contributed by atoms with Crippen LogP contribution in [0.2, 0.25) is 0 Å². The topological polar surface area (TPSA) is 23.8 Å². The maximum atomic E-state index is 8.84. The minimum atomic E-state index is 0.0914. The van der Waals surface area contributed by atoms with E-state index in [-0.39, 0.29) is 5.41 Å². The van der Waals surface area contributed by atoms with E-state index in [1.165, 1.54) is 6.42 Å². The van der Waals surface area contributed by atoms with Crippen molar-refractivity contribution in [2.24, 2.45) is 11.3 Å². The van der Waals surface area contributed by atoms with Crippen LogP contribution in [0.15, 0.2) is 0 Å². The average Bonchev–Trinajstić information content (AvgIpc) is 1.78. The number of nitrogens with zero attached hydrogens (tertiary/aromatic N) is 1. The van der Waals surface area contributed by atoms with Crippen LogP contribution in [0.25, 0.3) is 0 Å². The van der Waals surface area contributed by atoms with E-state index in [4.69, 9.17) is 5.26 Å². The first-order valence-electron chi connectivity index (χ1n) is 4.10. The fourth-order valence-corrected chi connectivity index (χ4v) is 1.75. The lowest BCUT2D eigenvalue weighted by atomic mass is 9.66. The molecule has 1 rings (SSSR count). The van der Waals surface area contributed by atoms with Crippen LogP contribution in [-0.4, -0.2) is 0 Å². The van der Waals surface area contributed by atoms with Gasteiger partial charge in [0.1, 0.15) is 0 Å². The zero-order valence-corrected chi connectivity index (χ0v) is 6.85. The molecule has 1 nitrogen and oxygen atoms in total. The van der Waals surface area contributed by atoms with E-state index in [0.29, 0.717) is 5.92 Å². The van der Waals surface area contributed by atoms with Gasteiger partial charge in [0.25, 0.3) is 0 Å². The predicted octanol–water partition coefficient (Wildman–Crippen LogP) is 2.73. The summed E-state index contributed by atoms with van der Waals surface area (Å²) >= 11 is 0. The Kier molecular flexibility index (Phi) is 1.99. The molecule has 1 heteroatoms. The number of rotatable bonds is 2. The summed E-state index contributed by atoms with van der Waals surface area (Å²) in [7, 11) is 0. The summed E-state index contributed by atoms with van der Waals surface area (Å²) < 4.78 is 0. The highest BCUT2D eigenvalue weighted by Gasteiger charge is 2.37. The fraction of sp³-hybridized carbons (Fsp3) is 0.889. The van der Waals surface area contributed by atoms with Crippen molar-refractivity contribution in [1.29, 1.82) is 5.26 Å². The van der Waals surface area contributed by atoms with Gasteiger partial charge in [-0.15, -0.1) is 0 Å². The van der Waals surface area contributed by atoms with Gasteiger partial charge in [0, 0.05) is 0 Å². The van der Waals surface area contributed by atoms with Crippen molar-refractivity contribution in [2.75, 3.05) is 0 Å². The molecule has 10 heavy (non-hydrogen) atoms. The van der Waals surface area contributed by atoms with Crippen molar-refractivity contribution in [3.05, 3.63) is 0 Å².